The third-order valence-electron chi connectivity index (χ3n) is 7.92. The third kappa shape index (κ3) is 9.85. The molecule has 10 heteroatoms. The normalized spacial score (nSPS) is 24.3. The van der Waals surface area contributed by atoms with E-state index in [9.17, 15) is 9.59 Å². The summed E-state index contributed by atoms with van der Waals surface area (Å²) < 4.78 is 42.8. The molecule has 0 radical (unpaired) electrons. The summed E-state index contributed by atoms with van der Waals surface area (Å²) in [5, 5.41) is 0. The summed E-state index contributed by atoms with van der Waals surface area (Å²) in [5.41, 5.74) is 2.30. The van der Waals surface area contributed by atoms with E-state index < -0.39 is 54.4 Å². The molecule has 5 unspecified atom stereocenters. The van der Waals surface area contributed by atoms with Crippen molar-refractivity contribution in [3.8, 4) is 0 Å². The van der Waals surface area contributed by atoms with Gasteiger partial charge < -0.3 is 33.2 Å². The van der Waals surface area contributed by atoms with Crippen molar-refractivity contribution in [2.45, 2.75) is 89.4 Å². The Hall–Kier alpha value is -3.80. The lowest BCUT2D eigenvalue weighted by molar-refractivity contribution is -0.204. The number of carbonyl (C=O) groups excluding carboxylic acids is 2. The number of rotatable bonds is 13. The number of hydrogen-bond donors (Lipinski definition) is 0. The highest BCUT2D eigenvalue weighted by molar-refractivity contribution is 5.82. The third-order valence-corrected chi connectivity index (χ3v) is 7.92. The Bertz CT molecular complexity index is 1400. The molecule has 3 aromatic rings. The van der Waals surface area contributed by atoms with Crippen LogP contribution in [0.25, 0.3) is 0 Å². The van der Waals surface area contributed by atoms with E-state index in [1.54, 1.807) is 20.8 Å². The Morgan fingerprint density at radius 2 is 1.32 bits per heavy atom. The van der Waals surface area contributed by atoms with Gasteiger partial charge in [-0.05, 0) is 37.5 Å². The highest BCUT2D eigenvalue weighted by atomic mass is 16.7. The van der Waals surface area contributed by atoms with Gasteiger partial charge in [0.05, 0.1) is 46.2 Å². The smallest absolute Gasteiger partial charge is 0.411 e. The number of methoxy groups -OCH3 is 1. The van der Waals surface area contributed by atoms with E-state index in [1.165, 1.54) is 12.0 Å². The van der Waals surface area contributed by atoms with Gasteiger partial charge in [0, 0.05) is 6.42 Å². The van der Waals surface area contributed by atoms with Gasteiger partial charge in [-0.3, -0.25) is 4.90 Å². The molecule has 252 valence electrons. The fraction of sp³-hybridized carbons (Fsp3) is 0.459. The molecule has 10 nitrogen and oxygen atoms in total. The lowest BCUT2D eigenvalue weighted by Gasteiger charge is -2.27. The zero-order chi connectivity index (χ0) is 33.2. The topological polar surface area (TPSA) is 102 Å². The summed E-state index contributed by atoms with van der Waals surface area (Å²) in [6.45, 7) is 6.72. The van der Waals surface area contributed by atoms with Gasteiger partial charge in [-0.25, -0.2) is 9.59 Å². The maximum absolute atomic E-state index is 13.1. The van der Waals surface area contributed by atoms with Crippen molar-refractivity contribution < 1.29 is 42.7 Å². The van der Waals surface area contributed by atoms with Crippen LogP contribution in [0.3, 0.4) is 0 Å². The molecule has 3 aromatic carbocycles. The molecule has 6 atom stereocenters. The van der Waals surface area contributed by atoms with Gasteiger partial charge in [-0.15, -0.1) is 0 Å². The number of nitrogens with zero attached hydrogens (tertiary/aromatic N) is 1. The van der Waals surface area contributed by atoms with E-state index in [0.717, 1.165) is 16.7 Å². The predicted molar refractivity (Wildman–Crippen MR) is 173 cm³/mol. The highest BCUT2D eigenvalue weighted by Gasteiger charge is 2.50. The standard InChI is InChI=1S/C37H45NO9/c1-37(2,3)47-36(40)38-21-29(20-30(38)34(39)41-4)45-35-33(44-24-28-18-12-7-13-19-28)32(43-23-27-16-10-6-11-17-27)31(46-35)25-42-22-26-14-8-5-9-15-26/h5-19,29-33,35H,20-25H2,1-4H3/t29?,30-,31?,32?,33?,35?/m0/s1. The minimum Gasteiger partial charge on any atom is -0.467 e. The Morgan fingerprint density at radius 1 is 0.787 bits per heavy atom. The quantitative estimate of drug-likeness (QED) is 0.217. The molecule has 47 heavy (non-hydrogen) atoms. The lowest BCUT2D eigenvalue weighted by Crippen LogP contribution is -2.44. The Morgan fingerprint density at radius 3 is 1.85 bits per heavy atom. The molecule has 2 aliphatic heterocycles. The molecule has 0 N–H and O–H groups in total. The van der Waals surface area contributed by atoms with Gasteiger partial charge in [-0.1, -0.05) is 91.0 Å². The molecule has 0 spiro atoms. The molecule has 0 aromatic heterocycles. The maximum Gasteiger partial charge on any atom is 0.411 e. The van der Waals surface area contributed by atoms with Gasteiger partial charge in [0.15, 0.2) is 6.29 Å². The van der Waals surface area contributed by atoms with Crippen LogP contribution in [0.5, 0.6) is 0 Å². The van der Waals surface area contributed by atoms with Crippen LogP contribution in [-0.2, 0) is 57.8 Å². The molecule has 2 aliphatic rings. The summed E-state index contributed by atoms with van der Waals surface area (Å²) in [4.78, 5) is 27.2. The Kier molecular flexibility index (Phi) is 12.0. The number of amides is 1. The van der Waals surface area contributed by atoms with Gasteiger partial charge in [0.25, 0.3) is 0 Å². The second kappa shape index (κ2) is 16.3. The predicted octanol–water partition coefficient (Wildman–Crippen LogP) is 5.67. The van der Waals surface area contributed by atoms with Crippen LogP contribution >= 0.6 is 0 Å². The summed E-state index contributed by atoms with van der Waals surface area (Å²) in [5.74, 6) is -0.539. The second-order valence-electron chi connectivity index (χ2n) is 12.7. The van der Waals surface area contributed by atoms with Gasteiger partial charge in [0.2, 0.25) is 0 Å². The Balaban J connectivity index is 1.36. The summed E-state index contributed by atoms with van der Waals surface area (Å²) in [6, 6.07) is 28.8. The minimum atomic E-state index is -0.869. The van der Waals surface area contributed by atoms with Crippen LogP contribution in [-0.4, -0.2) is 79.6 Å². The average Bonchev–Trinajstić information content (AvgIpc) is 3.64. The van der Waals surface area contributed by atoms with Crippen LogP contribution in [0.2, 0.25) is 0 Å². The van der Waals surface area contributed by atoms with Crippen molar-refractivity contribution in [2.24, 2.45) is 0 Å². The van der Waals surface area contributed by atoms with Crippen LogP contribution in [0, 0.1) is 0 Å². The van der Waals surface area contributed by atoms with Crippen LogP contribution in [0.4, 0.5) is 4.79 Å². The number of likely N-dealkylation sites (tertiary alicyclic amines) is 1. The zero-order valence-corrected chi connectivity index (χ0v) is 27.5. The fourth-order valence-corrected chi connectivity index (χ4v) is 5.68. The summed E-state index contributed by atoms with van der Waals surface area (Å²) in [6.07, 6.45) is -3.53. The van der Waals surface area contributed by atoms with E-state index in [2.05, 4.69) is 0 Å². The largest absolute Gasteiger partial charge is 0.467 e. The molecular formula is C37H45NO9. The lowest BCUT2D eigenvalue weighted by atomic mass is 10.1. The van der Waals surface area contributed by atoms with Crippen molar-refractivity contribution in [2.75, 3.05) is 20.3 Å². The van der Waals surface area contributed by atoms with Crippen molar-refractivity contribution in [1.29, 1.82) is 0 Å². The van der Waals surface area contributed by atoms with Crippen molar-refractivity contribution in [3.05, 3.63) is 108 Å². The van der Waals surface area contributed by atoms with Gasteiger partial charge >= 0.3 is 12.1 Å². The maximum atomic E-state index is 13.1. The van der Waals surface area contributed by atoms with E-state index in [1.807, 2.05) is 91.0 Å². The van der Waals surface area contributed by atoms with Crippen LogP contribution in [0.15, 0.2) is 91.0 Å². The van der Waals surface area contributed by atoms with Crippen LogP contribution in [0.1, 0.15) is 43.9 Å². The SMILES string of the molecule is COC(=O)[C@@H]1CC(OC2OC(COCc3ccccc3)C(OCc3ccccc3)C2OCc2ccccc2)CN1C(=O)OC(C)(C)C. The van der Waals surface area contributed by atoms with Crippen molar-refractivity contribution >= 4 is 12.1 Å². The molecule has 0 aliphatic carbocycles. The first-order chi connectivity index (χ1) is 22.7. The fourth-order valence-electron chi connectivity index (χ4n) is 5.68. The number of carbonyl (C=O) groups is 2. The van der Waals surface area contributed by atoms with Gasteiger partial charge in [0.1, 0.15) is 30.0 Å². The number of esters is 1. The van der Waals surface area contributed by atoms with E-state index in [4.69, 9.17) is 33.2 Å². The first-order valence-corrected chi connectivity index (χ1v) is 16.0. The molecule has 0 bridgehead atoms. The summed E-state index contributed by atoms with van der Waals surface area (Å²) >= 11 is 0. The monoisotopic (exact) mass is 647 g/mol. The van der Waals surface area contributed by atoms with E-state index in [-0.39, 0.29) is 19.6 Å². The van der Waals surface area contributed by atoms with Crippen molar-refractivity contribution in [3.63, 3.8) is 0 Å². The molecular weight excluding hydrogens is 602 g/mol. The molecule has 0 saturated carbocycles. The molecule has 1 amide bonds. The first kappa shape index (κ1) is 34.5. The molecule has 2 fully saturated rings. The minimum absolute atomic E-state index is 0.116. The summed E-state index contributed by atoms with van der Waals surface area (Å²) in [7, 11) is 1.30. The van der Waals surface area contributed by atoms with Gasteiger partial charge in [-0.2, -0.15) is 0 Å². The van der Waals surface area contributed by atoms with E-state index >= 15 is 0 Å². The second-order valence-corrected chi connectivity index (χ2v) is 12.7. The number of benzene rings is 3. The van der Waals surface area contributed by atoms with Crippen molar-refractivity contribution in [1.82, 2.24) is 4.90 Å². The number of ether oxygens (including phenoxy) is 7. The molecule has 5 rings (SSSR count). The average molecular weight is 648 g/mol. The Labute approximate surface area is 276 Å². The molecule has 2 heterocycles. The number of hydrogen-bond acceptors (Lipinski definition) is 9. The van der Waals surface area contributed by atoms with E-state index in [0.29, 0.717) is 19.8 Å². The van der Waals surface area contributed by atoms with Crippen LogP contribution < -0.4 is 0 Å². The zero-order valence-electron chi connectivity index (χ0n) is 27.5. The first-order valence-electron chi connectivity index (χ1n) is 16.0. The molecule has 2 saturated heterocycles. The highest BCUT2D eigenvalue weighted by Crippen LogP contribution is 2.33.